The van der Waals surface area contributed by atoms with Crippen molar-refractivity contribution in [2.45, 2.75) is 31.6 Å². The van der Waals surface area contributed by atoms with E-state index in [0.717, 1.165) is 43.6 Å². The van der Waals surface area contributed by atoms with Crippen molar-refractivity contribution < 1.29 is 24.2 Å². The first-order valence-electron chi connectivity index (χ1n) is 12.2. The Hall–Kier alpha value is -3.91. The van der Waals surface area contributed by atoms with Crippen molar-refractivity contribution in [2.75, 3.05) is 19.6 Å². The molecule has 1 aromatic heterocycles. The third-order valence-electron chi connectivity index (χ3n) is 6.89. The molecule has 2 bridgehead atoms. The molecule has 36 heavy (non-hydrogen) atoms. The van der Waals surface area contributed by atoms with E-state index in [1.54, 1.807) is 6.20 Å². The Morgan fingerprint density at radius 3 is 2.53 bits per heavy atom. The lowest BCUT2D eigenvalue weighted by atomic mass is 9.86. The van der Waals surface area contributed by atoms with Gasteiger partial charge < -0.3 is 19.9 Å². The summed E-state index contributed by atoms with van der Waals surface area (Å²) in [7, 11) is 0. The maximum Gasteiger partial charge on any atom is 0.408 e. The molecule has 0 spiro atoms. The number of benzene rings is 2. The van der Waals surface area contributed by atoms with Crippen LogP contribution in [0.25, 0.3) is 0 Å². The number of aromatic carboxylic acids is 1. The molecule has 2 atom stereocenters. The van der Waals surface area contributed by atoms with Crippen molar-refractivity contribution in [2.24, 2.45) is 5.92 Å². The smallest absolute Gasteiger partial charge is 0.408 e. The van der Waals surface area contributed by atoms with Crippen LogP contribution in [0.2, 0.25) is 0 Å². The molecule has 2 N–H and O–H groups in total. The number of carbonyl (C=O) groups excluding carboxylic acids is 1. The van der Waals surface area contributed by atoms with Crippen molar-refractivity contribution in [3.8, 4) is 5.75 Å². The number of carbonyl (C=O) groups is 2. The van der Waals surface area contributed by atoms with Crippen LogP contribution in [0.3, 0.4) is 0 Å². The quantitative estimate of drug-likeness (QED) is 0.489. The molecule has 8 nitrogen and oxygen atoms in total. The standard InChI is InChI=1S/C28H29N3O5/c32-27(33)23-13-19(15-29-16-23)18-35-24-8-4-7-22(14-24)26(21-5-2-1-3-6-21)30-28(34)36-25-17-31-11-9-20(25)10-12-31/h1-8,13-16,20,25-26H,9-12,17-18H2,(H,30,34)(H,32,33)/t25-,26-/m0/s1. The average Bonchev–Trinajstić information content (AvgIpc) is 2.92. The minimum absolute atomic E-state index is 0.0752. The number of carboxylic acid groups (broad SMARTS) is 1. The summed E-state index contributed by atoms with van der Waals surface area (Å²) >= 11 is 0. The number of hydrogen-bond acceptors (Lipinski definition) is 6. The van der Waals surface area contributed by atoms with Gasteiger partial charge in [0.25, 0.3) is 0 Å². The molecule has 3 aliphatic heterocycles. The molecule has 4 heterocycles. The molecule has 3 aromatic rings. The zero-order valence-corrected chi connectivity index (χ0v) is 19.9. The summed E-state index contributed by atoms with van der Waals surface area (Å²) in [6, 6.07) is 18.4. The lowest BCUT2D eigenvalue weighted by Gasteiger charge is -2.43. The van der Waals surface area contributed by atoms with E-state index < -0.39 is 18.1 Å². The second-order valence-corrected chi connectivity index (χ2v) is 9.32. The van der Waals surface area contributed by atoms with Gasteiger partial charge in [-0.15, -0.1) is 0 Å². The van der Waals surface area contributed by atoms with Crippen LogP contribution >= 0.6 is 0 Å². The van der Waals surface area contributed by atoms with Crippen LogP contribution < -0.4 is 10.1 Å². The van der Waals surface area contributed by atoms with Gasteiger partial charge in [-0.2, -0.15) is 0 Å². The topological polar surface area (TPSA) is 101 Å². The number of fused-ring (bicyclic) bond motifs is 3. The van der Waals surface area contributed by atoms with Gasteiger partial charge in [-0.25, -0.2) is 9.59 Å². The molecule has 3 aliphatic rings. The van der Waals surface area contributed by atoms with Crippen LogP contribution in [0.4, 0.5) is 4.79 Å². The highest BCUT2D eigenvalue weighted by Crippen LogP contribution is 2.30. The van der Waals surface area contributed by atoms with E-state index in [-0.39, 0.29) is 18.3 Å². The van der Waals surface area contributed by atoms with Gasteiger partial charge in [-0.1, -0.05) is 42.5 Å². The maximum atomic E-state index is 13.0. The molecule has 1 amide bonds. The fraction of sp³-hybridized carbons (Fsp3) is 0.321. The first-order valence-corrected chi connectivity index (χ1v) is 12.2. The first kappa shape index (κ1) is 23.8. The molecule has 0 aliphatic carbocycles. The van der Waals surface area contributed by atoms with Crippen LogP contribution in [-0.2, 0) is 11.3 Å². The van der Waals surface area contributed by atoms with Gasteiger partial charge in [0.1, 0.15) is 18.5 Å². The van der Waals surface area contributed by atoms with Crippen LogP contribution in [0.15, 0.2) is 73.1 Å². The highest BCUT2D eigenvalue weighted by molar-refractivity contribution is 5.87. The molecule has 0 saturated carbocycles. The van der Waals surface area contributed by atoms with E-state index in [1.165, 1.54) is 12.3 Å². The van der Waals surface area contributed by atoms with E-state index in [0.29, 0.717) is 17.2 Å². The number of nitrogens with zero attached hydrogens (tertiary/aromatic N) is 2. The van der Waals surface area contributed by atoms with Crippen molar-refractivity contribution >= 4 is 12.1 Å². The number of carboxylic acids is 1. The minimum Gasteiger partial charge on any atom is -0.489 e. The fourth-order valence-electron chi connectivity index (χ4n) is 4.97. The van der Waals surface area contributed by atoms with Crippen LogP contribution in [-0.4, -0.2) is 52.8 Å². The monoisotopic (exact) mass is 487 g/mol. The largest absolute Gasteiger partial charge is 0.489 e. The molecule has 186 valence electrons. The van der Waals surface area contributed by atoms with Crippen molar-refractivity contribution in [3.05, 3.63) is 95.3 Å². The summed E-state index contributed by atoms with van der Waals surface area (Å²) in [5, 5.41) is 12.2. The molecule has 8 heteroatoms. The minimum atomic E-state index is -1.03. The number of rotatable bonds is 8. The highest BCUT2D eigenvalue weighted by Gasteiger charge is 2.36. The number of hydrogen-bond donors (Lipinski definition) is 2. The first-order chi connectivity index (χ1) is 17.5. The summed E-state index contributed by atoms with van der Waals surface area (Å²) in [4.78, 5) is 30.5. The second-order valence-electron chi connectivity index (χ2n) is 9.32. The zero-order chi connectivity index (χ0) is 24.9. The summed E-state index contributed by atoms with van der Waals surface area (Å²) in [5.41, 5.74) is 2.54. The van der Waals surface area contributed by atoms with Crippen molar-refractivity contribution in [1.82, 2.24) is 15.2 Å². The zero-order valence-electron chi connectivity index (χ0n) is 19.9. The summed E-state index contributed by atoms with van der Waals surface area (Å²) in [5.74, 6) is -0.00302. The number of alkyl carbamates (subject to hydrolysis) is 1. The van der Waals surface area contributed by atoms with E-state index in [2.05, 4.69) is 15.2 Å². The molecular formula is C28H29N3O5. The predicted octanol–water partition coefficient (Wildman–Crippen LogP) is 4.27. The van der Waals surface area contributed by atoms with Crippen molar-refractivity contribution in [3.63, 3.8) is 0 Å². The maximum absolute atomic E-state index is 13.0. The molecule has 3 saturated heterocycles. The Kier molecular flexibility index (Phi) is 7.13. The Labute approximate surface area is 209 Å². The van der Waals surface area contributed by atoms with Gasteiger partial charge in [0.2, 0.25) is 0 Å². The molecule has 3 fully saturated rings. The Bertz CT molecular complexity index is 1210. The van der Waals surface area contributed by atoms with E-state index in [1.807, 2.05) is 54.6 Å². The van der Waals surface area contributed by atoms with Crippen LogP contribution in [0.5, 0.6) is 5.75 Å². The second kappa shape index (κ2) is 10.8. The van der Waals surface area contributed by atoms with Crippen LogP contribution in [0, 0.1) is 5.92 Å². The molecule has 2 aromatic carbocycles. The Morgan fingerprint density at radius 2 is 1.81 bits per heavy atom. The SMILES string of the molecule is O=C(N[C@@H](c1ccccc1)c1cccc(OCc2cncc(C(=O)O)c2)c1)O[C@H]1CN2CCC1CC2. The highest BCUT2D eigenvalue weighted by atomic mass is 16.6. The summed E-state index contributed by atoms with van der Waals surface area (Å²) in [6.45, 7) is 3.14. The predicted molar refractivity (Wildman–Crippen MR) is 133 cm³/mol. The molecule has 6 rings (SSSR count). The number of nitrogens with one attached hydrogen (secondary N) is 1. The number of piperidine rings is 3. The number of ether oxygens (including phenoxy) is 2. The van der Waals surface area contributed by atoms with Gasteiger partial charge in [-0.3, -0.25) is 9.88 Å². The number of amides is 1. The molecule has 0 unspecified atom stereocenters. The van der Waals surface area contributed by atoms with Gasteiger partial charge >= 0.3 is 12.1 Å². The fourth-order valence-corrected chi connectivity index (χ4v) is 4.97. The number of aromatic nitrogens is 1. The Morgan fingerprint density at radius 1 is 1.03 bits per heavy atom. The average molecular weight is 488 g/mol. The third-order valence-corrected chi connectivity index (χ3v) is 6.89. The van der Waals surface area contributed by atoms with Gasteiger partial charge in [0.05, 0.1) is 11.6 Å². The van der Waals surface area contributed by atoms with E-state index >= 15 is 0 Å². The normalized spacial score (nSPS) is 21.4. The Balaban J connectivity index is 1.30. The van der Waals surface area contributed by atoms with E-state index in [4.69, 9.17) is 9.47 Å². The summed E-state index contributed by atoms with van der Waals surface area (Å²) < 4.78 is 11.8. The summed E-state index contributed by atoms with van der Waals surface area (Å²) in [6.07, 6.45) is 4.53. The number of pyridine rings is 1. The lowest BCUT2D eigenvalue weighted by molar-refractivity contribution is -0.0336. The lowest BCUT2D eigenvalue weighted by Crippen LogP contribution is -2.52. The molecule has 0 radical (unpaired) electrons. The van der Waals surface area contributed by atoms with Gasteiger partial charge in [0, 0.05) is 24.5 Å². The van der Waals surface area contributed by atoms with Gasteiger partial charge in [-0.05, 0) is 61.2 Å². The molecular weight excluding hydrogens is 458 g/mol. The van der Waals surface area contributed by atoms with Crippen LogP contribution in [0.1, 0.15) is 45.9 Å². The van der Waals surface area contributed by atoms with E-state index in [9.17, 15) is 14.7 Å². The van der Waals surface area contributed by atoms with Gasteiger partial charge in [0.15, 0.2) is 0 Å². The third kappa shape index (κ3) is 5.66. The van der Waals surface area contributed by atoms with Crippen molar-refractivity contribution in [1.29, 1.82) is 0 Å².